The predicted octanol–water partition coefficient (Wildman–Crippen LogP) is 1.53. The van der Waals surface area contributed by atoms with Gasteiger partial charge in [0.05, 0.1) is 19.3 Å². The number of benzene rings is 2. The molecule has 0 saturated heterocycles. The van der Waals surface area contributed by atoms with Gasteiger partial charge in [0, 0.05) is 11.6 Å². The highest BCUT2D eigenvalue weighted by Crippen LogP contribution is 2.28. The van der Waals surface area contributed by atoms with Crippen LogP contribution in [0.2, 0.25) is 0 Å². The van der Waals surface area contributed by atoms with Gasteiger partial charge in [-0.2, -0.15) is 0 Å². The van der Waals surface area contributed by atoms with Gasteiger partial charge >= 0.3 is 5.91 Å². The fourth-order valence-electron chi connectivity index (χ4n) is 2.92. The first-order valence-electron chi connectivity index (χ1n) is 7.71. The van der Waals surface area contributed by atoms with Crippen molar-refractivity contribution < 1.29 is 24.4 Å². The monoisotopic (exact) mass is 327 g/mol. The molecule has 0 bridgehead atoms. The summed E-state index contributed by atoms with van der Waals surface area (Å²) in [6, 6.07) is 12.9. The van der Waals surface area contributed by atoms with Gasteiger partial charge in [-0.05, 0) is 31.2 Å². The second-order valence-corrected chi connectivity index (χ2v) is 5.40. The Morgan fingerprint density at radius 3 is 2.67 bits per heavy atom. The third-order valence-electron chi connectivity index (χ3n) is 4.01. The molecular formula is C18H19N2O4+. The SMILES string of the molecule is CCOc1ccc(C[NH+]2C(=O)C(=NO)c3ccccc32)cc1OC. The summed E-state index contributed by atoms with van der Waals surface area (Å²) in [7, 11) is 1.58. The van der Waals surface area contributed by atoms with Crippen molar-refractivity contribution >= 4 is 17.3 Å². The van der Waals surface area contributed by atoms with E-state index in [1.807, 2.05) is 43.3 Å². The number of rotatable bonds is 5. The van der Waals surface area contributed by atoms with E-state index in [1.54, 1.807) is 13.2 Å². The standard InChI is InChI=1S/C18H18N2O4/c1-3-24-15-9-8-12(10-16(15)23-2)11-20-14-7-5-4-6-13(14)17(19-22)18(20)21/h4-10,22H,3,11H2,1-2H3/p+1. The number of fused-ring (bicyclic) bond motifs is 1. The zero-order valence-corrected chi connectivity index (χ0v) is 13.6. The van der Waals surface area contributed by atoms with E-state index in [1.165, 1.54) is 0 Å². The van der Waals surface area contributed by atoms with Crippen molar-refractivity contribution in [1.29, 1.82) is 0 Å². The number of methoxy groups -OCH3 is 1. The van der Waals surface area contributed by atoms with E-state index >= 15 is 0 Å². The summed E-state index contributed by atoms with van der Waals surface area (Å²) in [5.41, 5.74) is 2.49. The first-order chi connectivity index (χ1) is 11.7. The maximum atomic E-state index is 12.5. The first-order valence-corrected chi connectivity index (χ1v) is 7.71. The molecule has 1 aliphatic heterocycles. The summed E-state index contributed by atoms with van der Waals surface area (Å²) < 4.78 is 10.9. The van der Waals surface area contributed by atoms with E-state index in [-0.39, 0.29) is 11.6 Å². The lowest BCUT2D eigenvalue weighted by atomic mass is 10.1. The molecule has 2 aromatic rings. The van der Waals surface area contributed by atoms with Crippen molar-refractivity contribution in [2.45, 2.75) is 13.5 Å². The van der Waals surface area contributed by atoms with E-state index in [0.717, 1.165) is 11.3 Å². The number of hydrogen-bond donors (Lipinski definition) is 2. The molecular weight excluding hydrogens is 308 g/mol. The van der Waals surface area contributed by atoms with Crippen LogP contribution in [0.15, 0.2) is 47.6 Å². The van der Waals surface area contributed by atoms with Crippen LogP contribution in [0.25, 0.3) is 0 Å². The molecule has 124 valence electrons. The molecule has 1 unspecified atom stereocenters. The molecule has 1 heterocycles. The lowest BCUT2D eigenvalue weighted by molar-refractivity contribution is -0.757. The zero-order valence-electron chi connectivity index (χ0n) is 13.6. The molecule has 0 radical (unpaired) electrons. The van der Waals surface area contributed by atoms with Crippen LogP contribution < -0.4 is 14.4 Å². The first kappa shape index (κ1) is 16.0. The molecule has 3 rings (SSSR count). The molecule has 0 saturated carbocycles. The van der Waals surface area contributed by atoms with Crippen molar-refractivity contribution in [1.82, 2.24) is 0 Å². The second kappa shape index (κ2) is 6.72. The molecule has 24 heavy (non-hydrogen) atoms. The second-order valence-electron chi connectivity index (χ2n) is 5.40. The van der Waals surface area contributed by atoms with E-state index in [2.05, 4.69) is 5.16 Å². The molecule has 1 atom stereocenters. The van der Waals surface area contributed by atoms with Crippen LogP contribution in [0.5, 0.6) is 11.5 Å². The summed E-state index contributed by atoms with van der Waals surface area (Å²) in [6.07, 6.45) is 0. The van der Waals surface area contributed by atoms with Gasteiger partial charge in [-0.1, -0.05) is 17.3 Å². The van der Waals surface area contributed by atoms with Crippen LogP contribution >= 0.6 is 0 Å². The minimum Gasteiger partial charge on any atom is -0.493 e. The number of para-hydroxylation sites is 1. The number of carbonyl (C=O) groups is 1. The summed E-state index contributed by atoms with van der Waals surface area (Å²) in [5.74, 6) is 1.06. The Morgan fingerprint density at radius 1 is 1.17 bits per heavy atom. The third-order valence-corrected chi connectivity index (χ3v) is 4.01. The number of quaternary nitrogens is 1. The summed E-state index contributed by atoms with van der Waals surface area (Å²) >= 11 is 0. The van der Waals surface area contributed by atoms with Gasteiger partial charge in [0.15, 0.2) is 11.5 Å². The maximum absolute atomic E-state index is 12.5. The molecule has 0 aromatic heterocycles. The number of ether oxygens (including phenoxy) is 2. The number of carbonyl (C=O) groups excluding carboxylic acids is 1. The number of nitrogens with zero attached hydrogens (tertiary/aromatic N) is 1. The maximum Gasteiger partial charge on any atom is 0.372 e. The Morgan fingerprint density at radius 2 is 1.96 bits per heavy atom. The average molecular weight is 327 g/mol. The Balaban J connectivity index is 1.93. The van der Waals surface area contributed by atoms with Crippen LogP contribution in [0.1, 0.15) is 18.1 Å². The topological polar surface area (TPSA) is 72.6 Å². The van der Waals surface area contributed by atoms with Crippen molar-refractivity contribution in [3.8, 4) is 11.5 Å². The lowest BCUT2D eigenvalue weighted by Gasteiger charge is -2.13. The molecule has 2 aromatic carbocycles. The van der Waals surface area contributed by atoms with Gasteiger partial charge in [0.25, 0.3) is 0 Å². The number of amides is 1. The molecule has 6 nitrogen and oxygen atoms in total. The normalized spacial score (nSPS) is 17.8. The number of oxime groups is 1. The van der Waals surface area contributed by atoms with E-state index in [9.17, 15) is 4.79 Å². The van der Waals surface area contributed by atoms with Crippen LogP contribution in [0.3, 0.4) is 0 Å². The molecule has 6 heteroatoms. The Labute approximate surface area is 139 Å². The lowest BCUT2D eigenvalue weighted by Crippen LogP contribution is -3.07. The Bertz CT molecular complexity index is 801. The number of nitrogens with one attached hydrogen (secondary N) is 1. The minimum absolute atomic E-state index is 0.0958. The van der Waals surface area contributed by atoms with E-state index in [4.69, 9.17) is 14.7 Å². The van der Waals surface area contributed by atoms with Crippen LogP contribution in [-0.2, 0) is 11.3 Å². The van der Waals surface area contributed by atoms with Crippen molar-refractivity contribution in [2.75, 3.05) is 13.7 Å². The number of hydrogen-bond acceptors (Lipinski definition) is 5. The highest BCUT2D eigenvalue weighted by atomic mass is 16.5. The third kappa shape index (κ3) is 2.72. The smallest absolute Gasteiger partial charge is 0.372 e. The summed E-state index contributed by atoms with van der Waals surface area (Å²) in [6.45, 7) is 2.89. The Kier molecular flexibility index (Phi) is 4.48. The van der Waals surface area contributed by atoms with Crippen molar-refractivity contribution in [2.24, 2.45) is 5.16 Å². The average Bonchev–Trinajstić information content (AvgIpc) is 2.88. The Hall–Kier alpha value is -2.86. The van der Waals surface area contributed by atoms with Crippen molar-refractivity contribution in [3.63, 3.8) is 0 Å². The van der Waals surface area contributed by atoms with E-state index in [0.29, 0.717) is 35.1 Å². The van der Waals surface area contributed by atoms with Gasteiger partial charge < -0.3 is 14.7 Å². The largest absolute Gasteiger partial charge is 0.493 e. The van der Waals surface area contributed by atoms with Crippen molar-refractivity contribution in [3.05, 3.63) is 53.6 Å². The fourth-order valence-corrected chi connectivity index (χ4v) is 2.92. The minimum atomic E-state index is -0.244. The molecule has 0 fully saturated rings. The zero-order chi connectivity index (χ0) is 17.1. The molecule has 0 spiro atoms. The van der Waals surface area contributed by atoms with Crippen LogP contribution in [-0.4, -0.2) is 30.5 Å². The van der Waals surface area contributed by atoms with Crippen LogP contribution in [0, 0.1) is 0 Å². The highest BCUT2D eigenvalue weighted by molar-refractivity contribution is 6.45. The molecule has 2 N–H and O–H groups in total. The quantitative estimate of drug-likeness (QED) is 0.645. The summed E-state index contributed by atoms with van der Waals surface area (Å²) in [4.78, 5) is 13.2. The highest BCUT2D eigenvalue weighted by Gasteiger charge is 2.40. The fraction of sp³-hybridized carbons (Fsp3) is 0.222. The summed E-state index contributed by atoms with van der Waals surface area (Å²) in [5, 5.41) is 12.3. The van der Waals surface area contributed by atoms with Gasteiger partial charge in [-0.15, -0.1) is 0 Å². The predicted molar refractivity (Wildman–Crippen MR) is 88.3 cm³/mol. The van der Waals surface area contributed by atoms with Gasteiger partial charge in [0.2, 0.25) is 5.71 Å². The van der Waals surface area contributed by atoms with Gasteiger partial charge in [-0.3, -0.25) is 0 Å². The molecule has 1 amide bonds. The van der Waals surface area contributed by atoms with E-state index < -0.39 is 0 Å². The van der Waals surface area contributed by atoms with Gasteiger partial charge in [0.1, 0.15) is 12.2 Å². The van der Waals surface area contributed by atoms with Gasteiger partial charge in [-0.25, -0.2) is 9.69 Å². The van der Waals surface area contributed by atoms with Crippen LogP contribution in [0.4, 0.5) is 5.69 Å². The molecule has 1 aliphatic rings. The molecule has 0 aliphatic carbocycles.